The molecule has 1 heterocycles. The molecule has 0 spiro atoms. The first-order chi connectivity index (χ1) is 9.00. The molecule has 0 bridgehead atoms. The molecule has 1 saturated carbocycles. The number of hydrogen-bond acceptors (Lipinski definition) is 4. The van der Waals surface area contributed by atoms with E-state index >= 15 is 0 Å². The minimum absolute atomic E-state index is 0.00106. The average molecular weight is 324 g/mol. The molecular formula is C12H13Cl3N2O2. The Bertz CT molecular complexity index is 504. The lowest BCUT2D eigenvalue weighted by molar-refractivity contribution is 0.0498. The number of carbonyl (C=O) groups is 1. The van der Waals surface area contributed by atoms with Gasteiger partial charge in [-0.15, -0.1) is 0 Å². The first-order valence-electron chi connectivity index (χ1n) is 5.97. The van der Waals surface area contributed by atoms with E-state index in [9.17, 15) is 4.79 Å². The zero-order valence-electron chi connectivity index (χ0n) is 10.1. The van der Waals surface area contributed by atoms with Crippen LogP contribution in [0.25, 0.3) is 0 Å². The molecule has 2 rings (SSSR count). The van der Waals surface area contributed by atoms with Gasteiger partial charge in [0.05, 0.1) is 12.3 Å². The second-order valence-corrected chi connectivity index (χ2v) is 5.61. The molecule has 0 aromatic carbocycles. The number of pyridine rings is 1. The molecule has 1 aromatic rings. The van der Waals surface area contributed by atoms with Gasteiger partial charge < -0.3 is 10.5 Å². The number of carbonyl (C=O) groups excluding carboxylic acids is 1. The van der Waals surface area contributed by atoms with E-state index < -0.39 is 5.97 Å². The van der Waals surface area contributed by atoms with Crippen molar-refractivity contribution in [2.45, 2.75) is 25.7 Å². The van der Waals surface area contributed by atoms with Crippen LogP contribution in [0.4, 0.5) is 5.69 Å². The van der Waals surface area contributed by atoms with E-state index in [0.29, 0.717) is 6.61 Å². The molecule has 2 N–H and O–H groups in total. The SMILES string of the molecule is Nc1c(Cl)c(Cl)nc(Cl)c1C(=O)OCCCC1CC1. The topological polar surface area (TPSA) is 65.2 Å². The standard InChI is InChI=1S/C12H13Cl3N2O2/c13-8-9(16)7(10(14)17-11(8)15)12(18)19-5-1-2-6-3-4-6/h6H,1-5H2,(H2,16,17). The molecular weight excluding hydrogens is 311 g/mol. The summed E-state index contributed by atoms with van der Waals surface area (Å²) in [7, 11) is 0. The van der Waals surface area contributed by atoms with E-state index in [4.69, 9.17) is 45.3 Å². The fourth-order valence-electron chi connectivity index (χ4n) is 1.73. The van der Waals surface area contributed by atoms with Gasteiger partial charge in [-0.2, -0.15) is 0 Å². The molecule has 0 amide bonds. The van der Waals surface area contributed by atoms with Crippen molar-refractivity contribution in [2.24, 2.45) is 5.92 Å². The summed E-state index contributed by atoms with van der Waals surface area (Å²) in [5.41, 5.74) is 5.68. The number of rotatable bonds is 5. The number of esters is 1. The molecule has 1 aromatic heterocycles. The van der Waals surface area contributed by atoms with Crippen LogP contribution >= 0.6 is 34.8 Å². The summed E-state index contributed by atoms with van der Waals surface area (Å²) in [6.07, 6.45) is 4.48. The minimum Gasteiger partial charge on any atom is -0.462 e. The summed E-state index contributed by atoms with van der Waals surface area (Å²) < 4.78 is 5.12. The lowest BCUT2D eigenvalue weighted by Gasteiger charge is -2.10. The van der Waals surface area contributed by atoms with Crippen molar-refractivity contribution < 1.29 is 9.53 Å². The van der Waals surface area contributed by atoms with Crippen LogP contribution in [0.1, 0.15) is 36.0 Å². The van der Waals surface area contributed by atoms with Gasteiger partial charge in [-0.3, -0.25) is 0 Å². The number of halogens is 3. The quantitative estimate of drug-likeness (QED) is 0.506. The van der Waals surface area contributed by atoms with E-state index in [1.165, 1.54) is 12.8 Å². The fraction of sp³-hybridized carbons (Fsp3) is 0.500. The van der Waals surface area contributed by atoms with Gasteiger partial charge in [0, 0.05) is 0 Å². The van der Waals surface area contributed by atoms with Gasteiger partial charge in [0.15, 0.2) is 5.15 Å². The molecule has 0 aliphatic heterocycles. The van der Waals surface area contributed by atoms with E-state index in [1.807, 2.05) is 0 Å². The summed E-state index contributed by atoms with van der Waals surface area (Å²) in [5, 5.41) is -0.121. The average Bonchev–Trinajstić information content (AvgIpc) is 3.16. The van der Waals surface area contributed by atoms with E-state index in [2.05, 4.69) is 4.98 Å². The van der Waals surface area contributed by atoms with E-state index in [0.717, 1.165) is 18.8 Å². The minimum atomic E-state index is -0.621. The van der Waals surface area contributed by atoms with E-state index in [-0.39, 0.29) is 26.6 Å². The summed E-state index contributed by atoms with van der Waals surface area (Å²) >= 11 is 17.4. The van der Waals surface area contributed by atoms with Crippen LogP contribution in [-0.4, -0.2) is 17.6 Å². The second kappa shape index (κ2) is 6.16. The predicted octanol–water partition coefficient (Wildman–Crippen LogP) is 3.97. The highest BCUT2D eigenvalue weighted by atomic mass is 35.5. The number of ether oxygens (including phenoxy) is 1. The third kappa shape index (κ3) is 3.65. The smallest absolute Gasteiger partial charge is 0.343 e. The molecule has 1 aliphatic carbocycles. The number of hydrogen-bond donors (Lipinski definition) is 1. The van der Waals surface area contributed by atoms with Crippen molar-refractivity contribution in [1.29, 1.82) is 0 Å². The highest BCUT2D eigenvalue weighted by molar-refractivity contribution is 6.44. The monoisotopic (exact) mass is 322 g/mol. The van der Waals surface area contributed by atoms with Crippen LogP contribution in [0, 0.1) is 5.92 Å². The van der Waals surface area contributed by atoms with Crippen molar-refractivity contribution in [3.05, 3.63) is 20.9 Å². The Balaban J connectivity index is 1.99. The van der Waals surface area contributed by atoms with Gasteiger partial charge in [0.2, 0.25) is 0 Å². The Kier molecular flexibility index (Phi) is 4.76. The molecule has 4 nitrogen and oxygen atoms in total. The molecule has 0 atom stereocenters. The summed E-state index contributed by atoms with van der Waals surface area (Å²) in [6.45, 7) is 0.339. The van der Waals surface area contributed by atoms with Gasteiger partial charge in [-0.25, -0.2) is 9.78 Å². The number of anilines is 1. The maximum absolute atomic E-state index is 11.9. The second-order valence-electron chi connectivity index (χ2n) is 4.52. The molecule has 1 aliphatic rings. The summed E-state index contributed by atoms with van der Waals surface area (Å²) in [4.78, 5) is 15.6. The molecule has 1 fully saturated rings. The molecule has 0 unspecified atom stereocenters. The van der Waals surface area contributed by atoms with Crippen molar-refractivity contribution in [3.8, 4) is 0 Å². The predicted molar refractivity (Wildman–Crippen MR) is 75.9 cm³/mol. The Hall–Kier alpha value is -0.710. The molecule has 7 heteroatoms. The maximum atomic E-state index is 11.9. The zero-order chi connectivity index (χ0) is 14.0. The highest BCUT2D eigenvalue weighted by Crippen LogP contribution is 2.34. The van der Waals surface area contributed by atoms with Crippen molar-refractivity contribution in [3.63, 3.8) is 0 Å². The molecule has 0 saturated heterocycles. The van der Waals surface area contributed by atoms with Crippen LogP contribution in [-0.2, 0) is 4.74 Å². The first kappa shape index (κ1) is 14.7. The van der Waals surface area contributed by atoms with Crippen LogP contribution in [0.3, 0.4) is 0 Å². The van der Waals surface area contributed by atoms with Crippen LogP contribution < -0.4 is 5.73 Å². The largest absolute Gasteiger partial charge is 0.462 e. The number of aromatic nitrogens is 1. The Morgan fingerprint density at radius 2 is 2.00 bits per heavy atom. The van der Waals surface area contributed by atoms with Crippen molar-refractivity contribution in [2.75, 3.05) is 12.3 Å². The normalized spacial score (nSPS) is 14.5. The fourth-order valence-corrected chi connectivity index (χ4v) is 2.36. The van der Waals surface area contributed by atoms with Gasteiger partial charge in [0.25, 0.3) is 0 Å². The maximum Gasteiger partial charge on any atom is 0.343 e. The van der Waals surface area contributed by atoms with Gasteiger partial charge in [0.1, 0.15) is 15.7 Å². The zero-order valence-corrected chi connectivity index (χ0v) is 12.4. The Morgan fingerprint density at radius 1 is 1.32 bits per heavy atom. The van der Waals surface area contributed by atoms with Crippen molar-refractivity contribution >= 4 is 46.5 Å². The third-order valence-electron chi connectivity index (χ3n) is 2.98. The van der Waals surface area contributed by atoms with Crippen LogP contribution in [0.5, 0.6) is 0 Å². The van der Waals surface area contributed by atoms with Crippen molar-refractivity contribution in [1.82, 2.24) is 4.98 Å². The summed E-state index contributed by atoms with van der Waals surface area (Å²) in [6, 6.07) is 0. The third-order valence-corrected chi connectivity index (χ3v) is 4.01. The van der Waals surface area contributed by atoms with Gasteiger partial charge in [-0.05, 0) is 18.8 Å². The molecule has 0 radical (unpaired) electrons. The Labute approximate surface area is 126 Å². The lowest BCUT2D eigenvalue weighted by atomic mass is 10.2. The van der Waals surface area contributed by atoms with Crippen LogP contribution in [0.15, 0.2) is 0 Å². The number of nitrogens with zero attached hydrogens (tertiary/aromatic N) is 1. The first-order valence-corrected chi connectivity index (χ1v) is 7.11. The highest BCUT2D eigenvalue weighted by Gasteiger charge is 2.23. The number of nitrogen functional groups attached to an aromatic ring is 1. The Morgan fingerprint density at radius 3 is 2.63 bits per heavy atom. The molecule has 19 heavy (non-hydrogen) atoms. The van der Waals surface area contributed by atoms with Gasteiger partial charge >= 0.3 is 5.97 Å². The van der Waals surface area contributed by atoms with E-state index in [1.54, 1.807) is 0 Å². The number of nitrogens with two attached hydrogens (primary N) is 1. The lowest BCUT2D eigenvalue weighted by Crippen LogP contribution is -2.11. The van der Waals surface area contributed by atoms with Crippen LogP contribution in [0.2, 0.25) is 15.3 Å². The molecule has 104 valence electrons. The van der Waals surface area contributed by atoms with Gasteiger partial charge in [-0.1, -0.05) is 47.6 Å². The summed E-state index contributed by atoms with van der Waals surface area (Å²) in [5.74, 6) is 0.184.